The molecule has 19 heavy (non-hydrogen) atoms. The lowest BCUT2D eigenvalue weighted by molar-refractivity contribution is 0.249. The lowest BCUT2D eigenvalue weighted by Crippen LogP contribution is -2.12. The summed E-state index contributed by atoms with van der Waals surface area (Å²) in [7, 11) is 0. The molecule has 0 aromatic heterocycles. The van der Waals surface area contributed by atoms with Crippen molar-refractivity contribution in [3.8, 4) is 11.5 Å². The van der Waals surface area contributed by atoms with Crippen LogP contribution < -0.4 is 15.2 Å². The summed E-state index contributed by atoms with van der Waals surface area (Å²) >= 11 is 3.38. The molecule has 0 spiro atoms. The maximum absolute atomic E-state index is 5.91. The highest BCUT2D eigenvalue weighted by molar-refractivity contribution is 9.10. The molecule has 0 fully saturated rings. The molecule has 3 rings (SSSR count). The number of benzene rings is 2. The molecule has 4 heteroatoms. The average molecular weight is 320 g/mol. The van der Waals surface area contributed by atoms with Gasteiger partial charge in [-0.2, -0.15) is 0 Å². The summed E-state index contributed by atoms with van der Waals surface area (Å²) in [6.45, 7) is 1.23. The monoisotopic (exact) mass is 319 g/mol. The van der Waals surface area contributed by atoms with Crippen LogP contribution in [0.2, 0.25) is 0 Å². The highest BCUT2D eigenvalue weighted by Gasteiger charge is 2.24. The van der Waals surface area contributed by atoms with E-state index >= 15 is 0 Å². The molecular weight excluding hydrogens is 306 g/mol. The smallest absolute Gasteiger partial charge is 0.142 e. The number of anilines is 1. The summed E-state index contributed by atoms with van der Waals surface area (Å²) in [5.41, 5.74) is 7.76. The van der Waals surface area contributed by atoms with Gasteiger partial charge in [-0.1, -0.05) is 34.1 Å². The van der Waals surface area contributed by atoms with Crippen LogP contribution in [0.4, 0.5) is 5.69 Å². The molecule has 3 nitrogen and oxygen atoms in total. The quantitative estimate of drug-likeness (QED) is 0.879. The molecule has 0 saturated heterocycles. The molecule has 1 atom stereocenters. The second-order valence-electron chi connectivity index (χ2n) is 4.54. The van der Waals surface area contributed by atoms with Crippen molar-refractivity contribution in [1.29, 1.82) is 0 Å². The molecule has 0 saturated carbocycles. The highest BCUT2D eigenvalue weighted by Crippen LogP contribution is 2.34. The van der Waals surface area contributed by atoms with E-state index in [2.05, 4.69) is 22.0 Å². The Kier molecular flexibility index (Phi) is 3.34. The Hall–Kier alpha value is -1.68. The molecule has 2 N–H and O–H groups in total. The minimum atomic E-state index is 0.263. The van der Waals surface area contributed by atoms with Crippen LogP contribution in [0.1, 0.15) is 11.5 Å². The fraction of sp³-hybridized carbons (Fsp3) is 0.200. The number of rotatable bonds is 3. The zero-order valence-electron chi connectivity index (χ0n) is 10.3. The third-order valence-corrected chi connectivity index (χ3v) is 3.70. The molecule has 1 heterocycles. The fourth-order valence-corrected chi connectivity index (χ4v) is 2.59. The van der Waals surface area contributed by atoms with E-state index in [4.69, 9.17) is 15.2 Å². The highest BCUT2D eigenvalue weighted by atomic mass is 79.9. The molecule has 0 aliphatic carbocycles. The van der Waals surface area contributed by atoms with Crippen LogP contribution in [-0.2, 0) is 0 Å². The minimum absolute atomic E-state index is 0.263. The van der Waals surface area contributed by atoms with Crippen LogP contribution >= 0.6 is 15.9 Å². The van der Waals surface area contributed by atoms with E-state index < -0.39 is 0 Å². The van der Waals surface area contributed by atoms with Crippen LogP contribution in [-0.4, -0.2) is 13.2 Å². The van der Waals surface area contributed by atoms with Gasteiger partial charge >= 0.3 is 0 Å². The average Bonchev–Trinajstić information content (AvgIpc) is 2.81. The number of hydrogen-bond acceptors (Lipinski definition) is 3. The van der Waals surface area contributed by atoms with Gasteiger partial charge < -0.3 is 15.2 Å². The van der Waals surface area contributed by atoms with Crippen molar-refractivity contribution in [2.24, 2.45) is 0 Å². The molecule has 2 aromatic rings. The maximum atomic E-state index is 5.91. The van der Waals surface area contributed by atoms with Crippen LogP contribution in [0.5, 0.6) is 11.5 Å². The summed E-state index contributed by atoms with van der Waals surface area (Å²) in [6, 6.07) is 13.7. The molecule has 0 bridgehead atoms. The SMILES string of the molecule is Nc1cc(Br)ccc1OCC1COc2ccccc21. The Bertz CT molecular complexity index is 600. The number of para-hydroxylation sites is 1. The van der Waals surface area contributed by atoms with Gasteiger partial charge in [0.2, 0.25) is 0 Å². The number of hydrogen-bond donors (Lipinski definition) is 1. The summed E-state index contributed by atoms with van der Waals surface area (Å²) in [5.74, 6) is 1.94. The Morgan fingerprint density at radius 1 is 1.26 bits per heavy atom. The van der Waals surface area contributed by atoms with Crippen molar-refractivity contribution < 1.29 is 9.47 Å². The molecule has 98 valence electrons. The van der Waals surface area contributed by atoms with Crippen LogP contribution in [0, 0.1) is 0 Å². The number of fused-ring (bicyclic) bond motifs is 1. The molecular formula is C15H14BrNO2. The summed E-state index contributed by atoms with van der Waals surface area (Å²) in [6.07, 6.45) is 0. The minimum Gasteiger partial charge on any atom is -0.493 e. The van der Waals surface area contributed by atoms with E-state index in [1.54, 1.807) is 0 Å². The lowest BCUT2D eigenvalue weighted by Gasteiger charge is -2.13. The Balaban J connectivity index is 1.71. The molecule has 0 amide bonds. The van der Waals surface area contributed by atoms with Gasteiger partial charge in [0.25, 0.3) is 0 Å². The topological polar surface area (TPSA) is 44.5 Å². The van der Waals surface area contributed by atoms with E-state index in [-0.39, 0.29) is 5.92 Å². The van der Waals surface area contributed by atoms with Gasteiger partial charge in [-0.15, -0.1) is 0 Å². The van der Waals surface area contributed by atoms with Gasteiger partial charge in [0.1, 0.15) is 11.5 Å². The van der Waals surface area contributed by atoms with E-state index in [1.165, 1.54) is 5.56 Å². The second-order valence-corrected chi connectivity index (χ2v) is 5.45. The van der Waals surface area contributed by atoms with Crippen molar-refractivity contribution >= 4 is 21.6 Å². The predicted octanol–water partition coefficient (Wildman–Crippen LogP) is 3.59. The molecule has 2 aromatic carbocycles. The van der Waals surface area contributed by atoms with E-state index in [9.17, 15) is 0 Å². The van der Waals surface area contributed by atoms with Gasteiger partial charge in [-0.25, -0.2) is 0 Å². The third kappa shape index (κ3) is 2.54. The number of halogens is 1. The molecule has 1 unspecified atom stereocenters. The van der Waals surface area contributed by atoms with E-state index in [0.29, 0.717) is 24.7 Å². The van der Waals surface area contributed by atoms with Crippen LogP contribution in [0.15, 0.2) is 46.9 Å². The maximum Gasteiger partial charge on any atom is 0.142 e. The lowest BCUT2D eigenvalue weighted by atomic mass is 10.0. The van der Waals surface area contributed by atoms with Gasteiger partial charge in [0, 0.05) is 10.0 Å². The Morgan fingerprint density at radius 3 is 2.95 bits per heavy atom. The van der Waals surface area contributed by atoms with Crippen molar-refractivity contribution in [2.75, 3.05) is 18.9 Å². The van der Waals surface area contributed by atoms with Crippen LogP contribution in [0.25, 0.3) is 0 Å². The summed E-state index contributed by atoms with van der Waals surface area (Å²) in [4.78, 5) is 0. The number of nitrogens with two attached hydrogens (primary N) is 1. The van der Waals surface area contributed by atoms with Crippen molar-refractivity contribution in [3.05, 3.63) is 52.5 Å². The van der Waals surface area contributed by atoms with Crippen molar-refractivity contribution in [2.45, 2.75) is 5.92 Å². The Labute approximate surface area is 120 Å². The van der Waals surface area contributed by atoms with Crippen LogP contribution in [0.3, 0.4) is 0 Å². The van der Waals surface area contributed by atoms with Gasteiger partial charge in [0.15, 0.2) is 0 Å². The third-order valence-electron chi connectivity index (χ3n) is 3.21. The van der Waals surface area contributed by atoms with Crippen molar-refractivity contribution in [1.82, 2.24) is 0 Å². The first-order valence-corrected chi connectivity index (χ1v) is 6.93. The number of ether oxygens (including phenoxy) is 2. The molecule has 0 radical (unpaired) electrons. The van der Waals surface area contributed by atoms with E-state index in [0.717, 1.165) is 10.2 Å². The predicted molar refractivity (Wildman–Crippen MR) is 78.7 cm³/mol. The first-order valence-electron chi connectivity index (χ1n) is 6.13. The Morgan fingerprint density at radius 2 is 2.11 bits per heavy atom. The zero-order valence-corrected chi connectivity index (χ0v) is 11.9. The first-order chi connectivity index (χ1) is 9.24. The van der Waals surface area contributed by atoms with Gasteiger partial charge in [0.05, 0.1) is 24.8 Å². The molecule has 1 aliphatic rings. The first kappa shape index (κ1) is 12.4. The van der Waals surface area contributed by atoms with E-state index in [1.807, 2.05) is 36.4 Å². The largest absolute Gasteiger partial charge is 0.493 e. The molecule has 1 aliphatic heterocycles. The van der Waals surface area contributed by atoms with Gasteiger partial charge in [-0.05, 0) is 24.3 Å². The summed E-state index contributed by atoms with van der Waals surface area (Å²) < 4.78 is 12.4. The normalized spacial score (nSPS) is 16.8. The van der Waals surface area contributed by atoms with Crippen molar-refractivity contribution in [3.63, 3.8) is 0 Å². The second kappa shape index (κ2) is 5.13. The fourth-order valence-electron chi connectivity index (χ4n) is 2.21. The summed E-state index contributed by atoms with van der Waals surface area (Å²) in [5, 5.41) is 0. The number of nitrogen functional groups attached to an aromatic ring is 1. The zero-order chi connectivity index (χ0) is 13.2. The van der Waals surface area contributed by atoms with Gasteiger partial charge in [-0.3, -0.25) is 0 Å². The standard InChI is InChI=1S/C15H14BrNO2/c16-11-5-6-15(13(17)7-11)19-9-10-8-18-14-4-2-1-3-12(10)14/h1-7,10H,8-9,17H2.